The average molecular weight is 421 g/mol. The normalized spacial score (nSPS) is 14.3. The van der Waals surface area contributed by atoms with Gasteiger partial charge in [0.05, 0.1) is 19.2 Å². The Labute approximate surface area is 182 Å². The van der Waals surface area contributed by atoms with Crippen molar-refractivity contribution in [1.82, 2.24) is 15.5 Å². The van der Waals surface area contributed by atoms with E-state index in [4.69, 9.17) is 9.26 Å². The van der Waals surface area contributed by atoms with E-state index >= 15 is 0 Å². The van der Waals surface area contributed by atoms with Gasteiger partial charge >= 0.3 is 0 Å². The van der Waals surface area contributed by atoms with Gasteiger partial charge in [-0.3, -0.25) is 4.79 Å². The number of aromatic nitrogens is 2. The molecule has 1 saturated carbocycles. The van der Waals surface area contributed by atoms with Gasteiger partial charge in [-0.15, -0.1) is 0 Å². The largest absolute Gasteiger partial charge is 0.496 e. The molecule has 0 saturated heterocycles. The van der Waals surface area contributed by atoms with Crippen LogP contribution in [0.1, 0.15) is 53.9 Å². The van der Waals surface area contributed by atoms with Crippen molar-refractivity contribution in [3.63, 3.8) is 0 Å². The molecule has 1 fully saturated rings. The molecule has 1 aliphatic carbocycles. The number of methoxy groups -OCH3 is 1. The number of hydrogen-bond donors (Lipinski definition) is 2. The highest BCUT2D eigenvalue weighted by Crippen LogP contribution is 2.27. The molecule has 7 nitrogen and oxygen atoms in total. The van der Waals surface area contributed by atoms with Crippen LogP contribution in [-0.2, 0) is 6.54 Å². The van der Waals surface area contributed by atoms with Crippen molar-refractivity contribution >= 4 is 11.6 Å². The van der Waals surface area contributed by atoms with E-state index in [1.165, 1.54) is 19.3 Å². The van der Waals surface area contributed by atoms with Gasteiger partial charge in [-0.2, -0.15) is 4.98 Å². The first-order valence-electron chi connectivity index (χ1n) is 10.8. The van der Waals surface area contributed by atoms with E-state index in [1.54, 1.807) is 7.11 Å². The van der Waals surface area contributed by atoms with E-state index in [0.29, 0.717) is 35.6 Å². The van der Waals surface area contributed by atoms with Crippen molar-refractivity contribution < 1.29 is 14.1 Å². The van der Waals surface area contributed by atoms with Crippen molar-refractivity contribution in [2.45, 2.75) is 51.6 Å². The van der Waals surface area contributed by atoms with Gasteiger partial charge < -0.3 is 19.9 Å². The molecule has 1 amide bonds. The zero-order valence-electron chi connectivity index (χ0n) is 18.0. The number of ether oxygens (including phenoxy) is 1. The molecule has 0 bridgehead atoms. The third kappa shape index (κ3) is 5.05. The zero-order chi connectivity index (χ0) is 21.6. The number of aryl methyl sites for hydroxylation is 1. The fraction of sp³-hybridized carbons (Fsp3) is 0.375. The van der Waals surface area contributed by atoms with Crippen LogP contribution in [0.5, 0.6) is 5.75 Å². The lowest BCUT2D eigenvalue weighted by Gasteiger charge is -2.23. The Balaban J connectivity index is 1.38. The van der Waals surface area contributed by atoms with Crippen LogP contribution in [-0.4, -0.2) is 29.2 Å². The van der Waals surface area contributed by atoms with Crippen LogP contribution in [0.4, 0.5) is 5.69 Å². The third-order valence-corrected chi connectivity index (χ3v) is 5.68. The molecule has 2 N–H and O–H groups in total. The van der Waals surface area contributed by atoms with Gasteiger partial charge in [0.25, 0.3) is 5.91 Å². The molecule has 31 heavy (non-hydrogen) atoms. The van der Waals surface area contributed by atoms with Gasteiger partial charge in [-0.25, -0.2) is 0 Å². The maximum atomic E-state index is 12.6. The molecule has 1 aliphatic rings. The number of hydrogen-bond acceptors (Lipinski definition) is 6. The molecule has 7 heteroatoms. The number of benzene rings is 2. The molecule has 1 aromatic heterocycles. The third-order valence-electron chi connectivity index (χ3n) is 5.68. The summed E-state index contributed by atoms with van der Waals surface area (Å²) in [6.45, 7) is 2.37. The van der Waals surface area contributed by atoms with E-state index in [1.807, 2.05) is 49.4 Å². The Kier molecular flexibility index (Phi) is 6.50. The molecule has 1 heterocycles. The molecule has 0 spiro atoms. The van der Waals surface area contributed by atoms with Crippen LogP contribution >= 0.6 is 0 Å². The summed E-state index contributed by atoms with van der Waals surface area (Å²) in [5.41, 5.74) is 3.38. The number of anilines is 1. The quantitative estimate of drug-likeness (QED) is 0.574. The maximum Gasteiger partial charge on any atom is 0.251 e. The Morgan fingerprint density at radius 3 is 2.74 bits per heavy atom. The van der Waals surface area contributed by atoms with Crippen LogP contribution in [0.25, 0.3) is 11.4 Å². The van der Waals surface area contributed by atoms with E-state index in [2.05, 4.69) is 20.8 Å². The van der Waals surface area contributed by atoms with Crippen LogP contribution in [0.15, 0.2) is 47.0 Å². The molecular formula is C24H28N4O3. The summed E-state index contributed by atoms with van der Waals surface area (Å²) in [6, 6.07) is 13.5. The number of nitrogens with one attached hydrogen (secondary N) is 2. The average Bonchev–Trinajstić information content (AvgIpc) is 3.27. The molecule has 0 radical (unpaired) electrons. The first-order chi connectivity index (χ1) is 15.1. The number of carbonyl (C=O) groups excluding carboxylic acids is 1. The SMILES string of the molecule is COc1ccccc1-c1noc(CNc2ccc(C(=O)NC3CCCCC3)cc2C)n1. The topological polar surface area (TPSA) is 89.3 Å². The fourth-order valence-corrected chi connectivity index (χ4v) is 3.96. The summed E-state index contributed by atoms with van der Waals surface area (Å²) in [6.07, 6.45) is 5.81. The fourth-order valence-electron chi connectivity index (χ4n) is 3.96. The predicted molar refractivity (Wildman–Crippen MR) is 119 cm³/mol. The Morgan fingerprint density at radius 1 is 1.16 bits per heavy atom. The molecule has 162 valence electrons. The minimum absolute atomic E-state index is 0.0000913. The number of amides is 1. The number of carbonyl (C=O) groups is 1. The van der Waals surface area contributed by atoms with Crippen molar-refractivity contribution in [2.24, 2.45) is 0 Å². The lowest BCUT2D eigenvalue weighted by Crippen LogP contribution is -2.36. The summed E-state index contributed by atoms with van der Waals surface area (Å²) < 4.78 is 10.7. The zero-order valence-corrected chi connectivity index (χ0v) is 18.0. The summed E-state index contributed by atoms with van der Waals surface area (Å²) in [5.74, 6) is 1.65. The Morgan fingerprint density at radius 2 is 1.97 bits per heavy atom. The second kappa shape index (κ2) is 9.64. The van der Waals surface area contributed by atoms with Crippen LogP contribution < -0.4 is 15.4 Å². The summed E-state index contributed by atoms with van der Waals surface area (Å²) >= 11 is 0. The van der Waals surface area contributed by atoms with Crippen molar-refractivity contribution in [3.8, 4) is 17.1 Å². The highest BCUT2D eigenvalue weighted by Gasteiger charge is 2.17. The van der Waals surface area contributed by atoms with E-state index in [9.17, 15) is 4.79 Å². The standard InChI is InChI=1S/C24H28N4O3/c1-16-14-17(24(29)26-18-8-4-3-5-9-18)12-13-20(16)25-15-22-27-23(28-31-22)19-10-6-7-11-21(19)30-2/h6-7,10-14,18,25H,3-5,8-9,15H2,1-2H3,(H,26,29). The molecule has 0 atom stereocenters. The van der Waals surface area contributed by atoms with Crippen molar-refractivity contribution in [2.75, 3.05) is 12.4 Å². The molecule has 0 aliphatic heterocycles. The summed E-state index contributed by atoms with van der Waals surface area (Å²) in [7, 11) is 1.61. The Hall–Kier alpha value is -3.35. The van der Waals surface area contributed by atoms with Gasteiger partial charge in [-0.05, 0) is 55.7 Å². The summed E-state index contributed by atoms with van der Waals surface area (Å²) in [5, 5.41) is 10.5. The number of para-hydroxylation sites is 1. The van der Waals surface area contributed by atoms with Crippen LogP contribution in [0.2, 0.25) is 0 Å². The minimum Gasteiger partial charge on any atom is -0.496 e. The maximum absolute atomic E-state index is 12.6. The first-order valence-corrected chi connectivity index (χ1v) is 10.8. The number of nitrogens with zero attached hydrogens (tertiary/aromatic N) is 2. The van der Waals surface area contributed by atoms with E-state index in [0.717, 1.165) is 29.7 Å². The van der Waals surface area contributed by atoms with E-state index in [-0.39, 0.29) is 5.91 Å². The highest BCUT2D eigenvalue weighted by molar-refractivity contribution is 5.95. The van der Waals surface area contributed by atoms with Gasteiger partial charge in [0.15, 0.2) is 0 Å². The van der Waals surface area contributed by atoms with Crippen molar-refractivity contribution in [3.05, 3.63) is 59.5 Å². The minimum atomic E-state index is -0.0000913. The molecular weight excluding hydrogens is 392 g/mol. The van der Waals surface area contributed by atoms with E-state index < -0.39 is 0 Å². The second-order valence-corrected chi connectivity index (χ2v) is 7.90. The van der Waals surface area contributed by atoms with Gasteiger partial charge in [-0.1, -0.05) is 36.6 Å². The molecule has 2 aromatic carbocycles. The number of rotatable bonds is 7. The molecule has 0 unspecified atom stereocenters. The van der Waals surface area contributed by atoms with Crippen molar-refractivity contribution in [1.29, 1.82) is 0 Å². The predicted octanol–water partition coefficient (Wildman–Crippen LogP) is 4.73. The molecule has 4 rings (SSSR count). The van der Waals surface area contributed by atoms with Gasteiger partial charge in [0.2, 0.25) is 11.7 Å². The first kappa shape index (κ1) is 20.9. The smallest absolute Gasteiger partial charge is 0.251 e. The van der Waals surface area contributed by atoms with Gasteiger partial charge in [0.1, 0.15) is 5.75 Å². The Bertz CT molecular complexity index is 1040. The summed E-state index contributed by atoms with van der Waals surface area (Å²) in [4.78, 5) is 17.0. The van der Waals surface area contributed by atoms with Crippen LogP contribution in [0.3, 0.4) is 0 Å². The second-order valence-electron chi connectivity index (χ2n) is 7.90. The monoisotopic (exact) mass is 420 g/mol. The highest BCUT2D eigenvalue weighted by atomic mass is 16.5. The van der Waals surface area contributed by atoms with Gasteiger partial charge in [0, 0.05) is 17.3 Å². The lowest BCUT2D eigenvalue weighted by atomic mass is 9.95. The molecule has 3 aromatic rings. The van der Waals surface area contributed by atoms with Crippen LogP contribution in [0, 0.1) is 6.92 Å². The lowest BCUT2D eigenvalue weighted by molar-refractivity contribution is 0.0927.